The van der Waals surface area contributed by atoms with Crippen molar-refractivity contribution in [2.75, 3.05) is 0 Å². The van der Waals surface area contributed by atoms with Gasteiger partial charge >= 0.3 is 0 Å². The number of aromatic nitrogens is 2. The normalized spacial score (nSPS) is 13.2. The summed E-state index contributed by atoms with van der Waals surface area (Å²) in [6.07, 6.45) is 2.08. The first-order chi connectivity index (χ1) is 5.79. The van der Waals surface area contributed by atoms with Crippen LogP contribution in [0.2, 0.25) is 0 Å². The average Bonchev–Trinajstić information content (AvgIpc) is 2.52. The van der Waals surface area contributed by atoms with Crippen LogP contribution in [0.15, 0.2) is 0 Å². The van der Waals surface area contributed by atoms with Crippen LogP contribution in [0.5, 0.6) is 0 Å². The van der Waals surface area contributed by atoms with Gasteiger partial charge in [0.15, 0.2) is 0 Å². The molecule has 1 heterocycles. The van der Waals surface area contributed by atoms with Crippen LogP contribution in [-0.2, 0) is 6.42 Å². The minimum Gasteiger partial charge on any atom is -0.271 e. The van der Waals surface area contributed by atoms with Crippen molar-refractivity contribution in [3.63, 3.8) is 0 Å². The molecule has 1 unspecified atom stereocenters. The lowest BCUT2D eigenvalue weighted by atomic mass is 10.2. The van der Waals surface area contributed by atoms with Gasteiger partial charge in [0.2, 0.25) is 0 Å². The molecule has 0 aromatic carbocycles. The summed E-state index contributed by atoms with van der Waals surface area (Å²) in [6, 6.07) is 0.159. The number of nitrogens with zero attached hydrogens (tertiary/aromatic N) is 2. The molecule has 3 N–H and O–H groups in total. The van der Waals surface area contributed by atoms with Gasteiger partial charge in [-0.2, -0.15) is 0 Å². The quantitative estimate of drug-likeness (QED) is 0.544. The summed E-state index contributed by atoms with van der Waals surface area (Å²) in [5, 5.41) is 4.05. The molecule has 4 nitrogen and oxygen atoms in total. The first kappa shape index (κ1) is 9.57. The Labute approximate surface area is 76.3 Å². The minimum absolute atomic E-state index is 0.159. The molecule has 0 saturated carbocycles. The lowest BCUT2D eigenvalue weighted by Gasteiger charge is -2.07. The van der Waals surface area contributed by atoms with E-state index in [0.717, 1.165) is 23.4 Å². The molecule has 0 aliphatic carbocycles. The molecular weight excluding hydrogens is 172 g/mol. The van der Waals surface area contributed by atoms with Crippen molar-refractivity contribution >= 4 is 11.5 Å². The maximum Gasteiger partial charge on any atom is 0.0804 e. The molecule has 1 rings (SSSR count). The van der Waals surface area contributed by atoms with Gasteiger partial charge in [0.1, 0.15) is 0 Å². The average molecular weight is 186 g/mol. The van der Waals surface area contributed by atoms with E-state index in [0.29, 0.717) is 0 Å². The molecule has 0 aliphatic heterocycles. The standard InChI is InChI=1S/C7H14N4S/c1-3-4-6-7(5(2)9-8)12-11-10-6/h5,9H,3-4,8H2,1-2H3. The summed E-state index contributed by atoms with van der Waals surface area (Å²) in [5.41, 5.74) is 3.77. The molecule has 0 spiro atoms. The first-order valence-corrected chi connectivity index (χ1v) is 4.84. The number of hydrogen-bond donors (Lipinski definition) is 2. The van der Waals surface area contributed by atoms with E-state index in [2.05, 4.69) is 21.9 Å². The van der Waals surface area contributed by atoms with E-state index in [1.165, 1.54) is 11.5 Å². The van der Waals surface area contributed by atoms with Crippen LogP contribution < -0.4 is 11.3 Å². The smallest absolute Gasteiger partial charge is 0.0804 e. The molecule has 5 heteroatoms. The summed E-state index contributed by atoms with van der Waals surface area (Å²) >= 11 is 1.42. The number of rotatable bonds is 4. The maximum absolute atomic E-state index is 5.33. The van der Waals surface area contributed by atoms with Gasteiger partial charge in [0.25, 0.3) is 0 Å². The zero-order valence-corrected chi connectivity index (χ0v) is 8.19. The zero-order chi connectivity index (χ0) is 8.97. The van der Waals surface area contributed by atoms with Crippen molar-refractivity contribution in [1.82, 2.24) is 15.0 Å². The molecule has 0 amide bonds. The predicted octanol–water partition coefficient (Wildman–Crippen LogP) is 1.01. The van der Waals surface area contributed by atoms with Gasteiger partial charge in [0, 0.05) is 0 Å². The lowest BCUT2D eigenvalue weighted by Crippen LogP contribution is -2.25. The van der Waals surface area contributed by atoms with Crippen molar-refractivity contribution < 1.29 is 0 Å². The monoisotopic (exact) mass is 186 g/mol. The van der Waals surface area contributed by atoms with E-state index < -0.39 is 0 Å². The highest BCUT2D eigenvalue weighted by molar-refractivity contribution is 7.05. The third-order valence-corrected chi connectivity index (χ3v) is 2.66. The molecule has 1 aromatic heterocycles. The van der Waals surface area contributed by atoms with Gasteiger partial charge in [-0.3, -0.25) is 11.3 Å². The first-order valence-electron chi connectivity index (χ1n) is 4.06. The van der Waals surface area contributed by atoms with Crippen LogP contribution in [0.3, 0.4) is 0 Å². The van der Waals surface area contributed by atoms with Crippen molar-refractivity contribution in [1.29, 1.82) is 0 Å². The topological polar surface area (TPSA) is 63.8 Å². The molecule has 68 valence electrons. The minimum atomic E-state index is 0.159. The fraction of sp³-hybridized carbons (Fsp3) is 0.714. The number of aryl methyl sites for hydroxylation is 1. The van der Waals surface area contributed by atoms with E-state index in [-0.39, 0.29) is 6.04 Å². The van der Waals surface area contributed by atoms with Crippen molar-refractivity contribution in [3.8, 4) is 0 Å². The zero-order valence-electron chi connectivity index (χ0n) is 7.37. The lowest BCUT2D eigenvalue weighted by molar-refractivity contribution is 0.603. The highest BCUT2D eigenvalue weighted by Gasteiger charge is 2.12. The molecule has 0 aliphatic rings. The van der Waals surface area contributed by atoms with E-state index in [9.17, 15) is 0 Å². The van der Waals surface area contributed by atoms with Crippen molar-refractivity contribution in [2.45, 2.75) is 32.7 Å². The fourth-order valence-electron chi connectivity index (χ4n) is 1.03. The van der Waals surface area contributed by atoms with Gasteiger partial charge in [0.05, 0.1) is 16.6 Å². The second-order valence-corrected chi connectivity index (χ2v) is 3.51. The van der Waals surface area contributed by atoms with Crippen molar-refractivity contribution in [3.05, 3.63) is 10.6 Å². The molecule has 1 atom stereocenters. The molecular formula is C7H14N4S. The second-order valence-electron chi connectivity index (χ2n) is 2.72. The maximum atomic E-state index is 5.33. The summed E-state index contributed by atoms with van der Waals surface area (Å²) < 4.78 is 3.91. The van der Waals surface area contributed by atoms with Gasteiger partial charge in [-0.15, -0.1) is 5.10 Å². The molecule has 0 radical (unpaired) electrons. The van der Waals surface area contributed by atoms with E-state index in [1.54, 1.807) is 0 Å². The Morgan fingerprint density at radius 1 is 1.67 bits per heavy atom. The molecule has 1 aromatic rings. The van der Waals surface area contributed by atoms with Crippen LogP contribution in [-0.4, -0.2) is 9.59 Å². The molecule has 12 heavy (non-hydrogen) atoms. The Kier molecular flexibility index (Phi) is 3.58. The summed E-state index contributed by atoms with van der Waals surface area (Å²) in [4.78, 5) is 1.15. The van der Waals surface area contributed by atoms with Crippen LogP contribution in [0.1, 0.15) is 36.9 Å². The van der Waals surface area contributed by atoms with E-state index in [4.69, 9.17) is 5.84 Å². The van der Waals surface area contributed by atoms with Crippen LogP contribution in [0.25, 0.3) is 0 Å². The van der Waals surface area contributed by atoms with E-state index in [1.807, 2.05) is 6.92 Å². The number of hydrazine groups is 1. The van der Waals surface area contributed by atoms with Crippen molar-refractivity contribution in [2.24, 2.45) is 5.84 Å². The van der Waals surface area contributed by atoms with E-state index >= 15 is 0 Å². The largest absolute Gasteiger partial charge is 0.271 e. The van der Waals surface area contributed by atoms with Crippen LogP contribution in [0, 0.1) is 0 Å². The summed E-state index contributed by atoms with van der Waals surface area (Å²) in [7, 11) is 0. The third-order valence-electron chi connectivity index (χ3n) is 1.72. The predicted molar refractivity (Wildman–Crippen MR) is 49.6 cm³/mol. The second kappa shape index (κ2) is 4.49. The highest BCUT2D eigenvalue weighted by atomic mass is 32.1. The highest BCUT2D eigenvalue weighted by Crippen LogP contribution is 2.19. The summed E-state index contributed by atoms with van der Waals surface area (Å²) in [5.74, 6) is 5.33. The Hall–Kier alpha value is -0.520. The Balaban J connectivity index is 2.76. The number of nitrogens with one attached hydrogen (secondary N) is 1. The number of nitrogens with two attached hydrogens (primary N) is 1. The van der Waals surface area contributed by atoms with Gasteiger partial charge in [-0.25, -0.2) is 0 Å². The van der Waals surface area contributed by atoms with Gasteiger partial charge < -0.3 is 0 Å². The Morgan fingerprint density at radius 3 is 3.00 bits per heavy atom. The molecule has 0 saturated heterocycles. The van der Waals surface area contributed by atoms with Gasteiger partial charge in [-0.05, 0) is 24.9 Å². The Bertz CT molecular complexity index is 235. The third kappa shape index (κ3) is 2.00. The fourth-order valence-corrected chi connectivity index (χ4v) is 1.73. The van der Waals surface area contributed by atoms with Crippen LogP contribution in [0.4, 0.5) is 0 Å². The molecule has 0 bridgehead atoms. The summed E-state index contributed by atoms with van der Waals surface area (Å²) in [6.45, 7) is 4.14. The SMILES string of the molecule is CCCc1nnsc1C(C)NN. The van der Waals surface area contributed by atoms with Crippen LogP contribution >= 0.6 is 11.5 Å². The van der Waals surface area contributed by atoms with Gasteiger partial charge in [-0.1, -0.05) is 17.8 Å². The number of hydrogen-bond acceptors (Lipinski definition) is 5. The Morgan fingerprint density at radius 2 is 2.42 bits per heavy atom. The molecule has 0 fully saturated rings.